The van der Waals surface area contributed by atoms with Crippen LogP contribution in [0.15, 0.2) is 108 Å². The lowest BCUT2D eigenvalue weighted by atomic mass is 9.77. The number of thioether (sulfide) groups is 1. The molecule has 0 aromatic heterocycles. The smallest absolute Gasteiger partial charge is 0.340 e. The average molecular weight is 613 g/mol. The van der Waals surface area contributed by atoms with Crippen LogP contribution in [0.2, 0.25) is 0 Å². The van der Waals surface area contributed by atoms with Crippen molar-refractivity contribution < 1.29 is 14.3 Å². The van der Waals surface area contributed by atoms with E-state index in [9.17, 15) is 4.79 Å². The van der Waals surface area contributed by atoms with Gasteiger partial charge in [-0.2, -0.15) is 0 Å². The van der Waals surface area contributed by atoms with E-state index in [1.807, 2.05) is 24.3 Å². The summed E-state index contributed by atoms with van der Waals surface area (Å²) >= 11 is 1.67. The lowest BCUT2D eigenvalue weighted by Gasteiger charge is -2.39. The maximum absolute atomic E-state index is 13.6. The molecule has 7 rings (SSSR count). The van der Waals surface area contributed by atoms with Gasteiger partial charge in [-0.25, -0.2) is 4.79 Å². The molecule has 45 heavy (non-hydrogen) atoms. The van der Waals surface area contributed by atoms with Gasteiger partial charge in [-0.1, -0.05) is 54.6 Å². The first-order chi connectivity index (χ1) is 21.9. The number of benzene rings is 5. The molecular formula is C39H36N2O3S. The fraction of sp³-hybridized carbons (Fsp3) is 0.205. The highest BCUT2D eigenvalue weighted by atomic mass is 32.2. The van der Waals surface area contributed by atoms with Crippen LogP contribution in [0.3, 0.4) is 0 Å². The number of aryl methyl sites for hydroxylation is 2. The Bertz CT molecular complexity index is 1900. The number of ether oxygens (including phenoxy) is 2. The second-order valence-electron chi connectivity index (χ2n) is 11.5. The van der Waals surface area contributed by atoms with E-state index in [-0.39, 0.29) is 5.97 Å². The molecule has 6 heteroatoms. The van der Waals surface area contributed by atoms with Crippen molar-refractivity contribution in [3.05, 3.63) is 137 Å². The number of nitrogens with zero attached hydrogens (tertiary/aromatic N) is 2. The molecule has 0 saturated heterocycles. The van der Waals surface area contributed by atoms with Crippen LogP contribution in [0.1, 0.15) is 52.0 Å². The van der Waals surface area contributed by atoms with Gasteiger partial charge in [0.2, 0.25) is 0 Å². The SMILES string of the molecule is CCN(CC)c1ccc2c(c1)Oc1cc(SC)c(N(c3ccccc3C)c3ccccc3C)cc1C21OC(=O)c2ccccc21. The Balaban J connectivity index is 1.54. The van der Waals surface area contributed by atoms with Crippen molar-refractivity contribution in [3.63, 3.8) is 0 Å². The summed E-state index contributed by atoms with van der Waals surface area (Å²) in [6.45, 7) is 10.3. The summed E-state index contributed by atoms with van der Waals surface area (Å²) < 4.78 is 13.4. The minimum Gasteiger partial charge on any atom is -0.456 e. The first-order valence-corrected chi connectivity index (χ1v) is 16.7. The molecule has 1 spiro atoms. The second kappa shape index (κ2) is 11.4. The fourth-order valence-corrected chi connectivity index (χ4v) is 7.40. The number of carbonyl (C=O) groups is 1. The minimum atomic E-state index is -1.16. The molecule has 0 bridgehead atoms. The zero-order valence-corrected chi connectivity index (χ0v) is 27.1. The van der Waals surface area contributed by atoms with Crippen molar-refractivity contribution >= 4 is 40.5 Å². The molecular weight excluding hydrogens is 577 g/mol. The maximum Gasteiger partial charge on any atom is 0.340 e. The molecule has 0 fully saturated rings. The standard InChI is InChI=1S/C39H36N2O3S/c1-6-40(7-2)27-20-21-30-35(22-27)43-36-24-37(45-5)34(23-31(36)39(30)29-17-11-10-16-28(29)38(42)44-39)41(32-18-12-8-14-25(32)3)33-19-13-9-15-26(33)4/h8-24H,6-7H2,1-5H3. The predicted octanol–water partition coefficient (Wildman–Crippen LogP) is 9.91. The number of hydrogen-bond acceptors (Lipinski definition) is 6. The number of hydrogen-bond donors (Lipinski definition) is 0. The van der Waals surface area contributed by atoms with Gasteiger partial charge in [0.25, 0.3) is 0 Å². The highest BCUT2D eigenvalue weighted by Gasteiger charge is 2.54. The Labute approximate surface area is 269 Å². The van der Waals surface area contributed by atoms with E-state index in [0.717, 1.165) is 68.6 Å². The third-order valence-electron chi connectivity index (χ3n) is 9.08. The Morgan fingerprint density at radius 3 is 1.96 bits per heavy atom. The Morgan fingerprint density at radius 1 is 0.689 bits per heavy atom. The summed E-state index contributed by atoms with van der Waals surface area (Å²) in [5.41, 5.74) is 8.43. The number of rotatable bonds is 7. The van der Waals surface area contributed by atoms with E-state index in [4.69, 9.17) is 9.47 Å². The lowest BCUT2D eigenvalue weighted by molar-refractivity contribution is 0.0224. The predicted molar refractivity (Wildman–Crippen MR) is 184 cm³/mol. The van der Waals surface area contributed by atoms with Crippen molar-refractivity contribution in [3.8, 4) is 11.5 Å². The van der Waals surface area contributed by atoms with Crippen molar-refractivity contribution in [2.24, 2.45) is 0 Å². The van der Waals surface area contributed by atoms with Crippen LogP contribution < -0.4 is 14.5 Å². The van der Waals surface area contributed by atoms with Crippen molar-refractivity contribution in [2.45, 2.75) is 38.2 Å². The van der Waals surface area contributed by atoms with Crippen LogP contribution in [0.25, 0.3) is 0 Å². The van der Waals surface area contributed by atoms with Gasteiger partial charge < -0.3 is 19.3 Å². The molecule has 2 aliphatic rings. The summed E-state index contributed by atoms with van der Waals surface area (Å²) in [5, 5.41) is 0. The van der Waals surface area contributed by atoms with Gasteiger partial charge in [0.1, 0.15) is 11.5 Å². The van der Waals surface area contributed by atoms with Gasteiger partial charge in [-0.05, 0) is 87.5 Å². The van der Waals surface area contributed by atoms with E-state index in [2.05, 4.69) is 123 Å². The van der Waals surface area contributed by atoms with E-state index >= 15 is 0 Å². The largest absolute Gasteiger partial charge is 0.456 e. The zero-order chi connectivity index (χ0) is 31.3. The van der Waals surface area contributed by atoms with E-state index in [1.54, 1.807) is 11.8 Å². The summed E-state index contributed by atoms with van der Waals surface area (Å²) in [7, 11) is 0. The first-order valence-electron chi connectivity index (χ1n) is 15.4. The number of anilines is 4. The quantitative estimate of drug-likeness (QED) is 0.135. The first kappa shape index (κ1) is 29.1. The Morgan fingerprint density at radius 2 is 1.31 bits per heavy atom. The van der Waals surface area contributed by atoms with Crippen LogP contribution in [-0.4, -0.2) is 25.3 Å². The fourth-order valence-electron chi connectivity index (χ4n) is 6.82. The van der Waals surface area contributed by atoms with Gasteiger partial charge in [0, 0.05) is 57.8 Å². The van der Waals surface area contributed by atoms with Crippen molar-refractivity contribution in [1.82, 2.24) is 0 Å². The molecule has 0 amide bonds. The third kappa shape index (κ3) is 4.50. The van der Waals surface area contributed by atoms with Crippen molar-refractivity contribution in [2.75, 3.05) is 29.1 Å². The normalized spacial score (nSPS) is 16.0. The van der Waals surface area contributed by atoms with Gasteiger partial charge in [-0.15, -0.1) is 11.8 Å². The van der Waals surface area contributed by atoms with Gasteiger partial charge >= 0.3 is 5.97 Å². The molecule has 5 nitrogen and oxygen atoms in total. The molecule has 2 heterocycles. The van der Waals surface area contributed by atoms with E-state index in [1.165, 1.54) is 0 Å². The summed E-state index contributed by atoms with van der Waals surface area (Å²) in [4.78, 5) is 19.3. The molecule has 1 unspecified atom stereocenters. The molecule has 0 N–H and O–H groups in total. The highest BCUT2D eigenvalue weighted by Crippen LogP contribution is 2.59. The third-order valence-corrected chi connectivity index (χ3v) is 9.85. The van der Waals surface area contributed by atoms with E-state index < -0.39 is 5.60 Å². The van der Waals surface area contributed by atoms with Crippen LogP contribution in [0.5, 0.6) is 11.5 Å². The molecule has 2 aliphatic heterocycles. The number of esters is 1. The topological polar surface area (TPSA) is 42.0 Å². The molecule has 0 radical (unpaired) electrons. The van der Waals surface area contributed by atoms with Crippen molar-refractivity contribution in [1.29, 1.82) is 0 Å². The molecule has 0 saturated carbocycles. The van der Waals surface area contributed by atoms with Crippen LogP contribution >= 0.6 is 11.8 Å². The lowest BCUT2D eigenvalue weighted by Crippen LogP contribution is -2.33. The summed E-state index contributed by atoms with van der Waals surface area (Å²) in [5.74, 6) is 1.06. The molecule has 5 aromatic rings. The monoisotopic (exact) mass is 612 g/mol. The highest BCUT2D eigenvalue weighted by molar-refractivity contribution is 7.98. The maximum atomic E-state index is 13.6. The zero-order valence-electron chi connectivity index (χ0n) is 26.3. The van der Waals surface area contributed by atoms with Crippen LogP contribution in [0.4, 0.5) is 22.7 Å². The van der Waals surface area contributed by atoms with E-state index in [0.29, 0.717) is 17.1 Å². The minimum absolute atomic E-state index is 0.331. The summed E-state index contributed by atoms with van der Waals surface area (Å²) in [6.07, 6.45) is 2.09. The Kier molecular flexibility index (Phi) is 7.33. The Hall–Kier alpha value is -4.68. The second-order valence-corrected chi connectivity index (χ2v) is 12.3. The molecule has 1 atom stereocenters. The van der Waals surface area contributed by atoms with Gasteiger partial charge in [0.05, 0.1) is 11.3 Å². The van der Waals surface area contributed by atoms with Crippen LogP contribution in [0, 0.1) is 13.8 Å². The van der Waals surface area contributed by atoms with Crippen LogP contribution in [-0.2, 0) is 10.3 Å². The number of carbonyl (C=O) groups excluding carboxylic acids is 1. The number of fused-ring (bicyclic) bond motifs is 6. The van der Waals surface area contributed by atoms with Gasteiger partial charge in [-0.3, -0.25) is 0 Å². The molecule has 0 aliphatic carbocycles. The average Bonchev–Trinajstić information content (AvgIpc) is 3.35. The number of para-hydroxylation sites is 2. The summed E-state index contributed by atoms with van der Waals surface area (Å²) in [6, 6.07) is 35.2. The molecule has 5 aromatic carbocycles. The molecule has 226 valence electrons. The van der Waals surface area contributed by atoms with Gasteiger partial charge in [0.15, 0.2) is 5.60 Å².